The number of ether oxygens (including phenoxy) is 1. The molecule has 2 aromatic carbocycles. The van der Waals surface area contributed by atoms with Gasteiger partial charge in [-0.05, 0) is 35.7 Å². The van der Waals surface area contributed by atoms with Gasteiger partial charge in [-0.3, -0.25) is 0 Å². The SMILES string of the molecule is CC(C)c1ccc(S(=O)(=O)NCCOc2ccccc2F)cc1. The summed E-state index contributed by atoms with van der Waals surface area (Å²) in [5.74, 6) is -0.0264. The first-order valence-electron chi connectivity index (χ1n) is 7.37. The summed E-state index contributed by atoms with van der Waals surface area (Å²) in [6.45, 7) is 4.19. The van der Waals surface area contributed by atoms with Gasteiger partial charge >= 0.3 is 0 Å². The smallest absolute Gasteiger partial charge is 0.240 e. The standard InChI is InChI=1S/C17H20FNO3S/c1-13(2)14-7-9-15(10-8-14)23(20,21)19-11-12-22-17-6-4-3-5-16(17)18/h3-10,13,19H,11-12H2,1-2H3. The number of rotatable bonds is 7. The van der Waals surface area contributed by atoms with Crippen LogP contribution in [0, 0.1) is 5.82 Å². The summed E-state index contributed by atoms with van der Waals surface area (Å²) >= 11 is 0. The van der Waals surface area contributed by atoms with E-state index in [1.165, 1.54) is 12.1 Å². The quantitative estimate of drug-likeness (QED) is 0.789. The van der Waals surface area contributed by atoms with Crippen LogP contribution in [-0.2, 0) is 10.0 Å². The van der Waals surface area contributed by atoms with Crippen LogP contribution in [0.3, 0.4) is 0 Å². The predicted molar refractivity (Wildman–Crippen MR) is 87.6 cm³/mol. The maximum atomic E-state index is 13.4. The molecule has 2 aromatic rings. The molecule has 23 heavy (non-hydrogen) atoms. The molecule has 0 bridgehead atoms. The van der Waals surface area contributed by atoms with Crippen molar-refractivity contribution >= 4 is 10.0 Å². The Morgan fingerprint density at radius 1 is 1.09 bits per heavy atom. The van der Waals surface area contributed by atoms with Crippen molar-refractivity contribution in [3.05, 3.63) is 59.9 Å². The normalized spacial score (nSPS) is 11.7. The van der Waals surface area contributed by atoms with Gasteiger partial charge in [0.1, 0.15) is 6.61 Å². The molecular formula is C17H20FNO3S. The first-order chi connectivity index (χ1) is 10.9. The minimum atomic E-state index is -3.59. The second-order valence-electron chi connectivity index (χ2n) is 5.40. The number of para-hydroxylation sites is 1. The zero-order valence-corrected chi connectivity index (χ0v) is 13.9. The largest absolute Gasteiger partial charge is 0.489 e. The lowest BCUT2D eigenvalue weighted by Gasteiger charge is -2.10. The fourth-order valence-corrected chi connectivity index (χ4v) is 3.03. The monoisotopic (exact) mass is 337 g/mol. The van der Waals surface area contributed by atoms with Gasteiger partial charge in [-0.15, -0.1) is 0 Å². The molecule has 0 spiro atoms. The van der Waals surface area contributed by atoms with E-state index in [1.54, 1.807) is 36.4 Å². The summed E-state index contributed by atoms with van der Waals surface area (Å²) in [7, 11) is -3.59. The van der Waals surface area contributed by atoms with Crippen molar-refractivity contribution in [1.29, 1.82) is 0 Å². The van der Waals surface area contributed by atoms with Gasteiger partial charge in [0.05, 0.1) is 4.90 Å². The van der Waals surface area contributed by atoms with E-state index >= 15 is 0 Å². The topological polar surface area (TPSA) is 55.4 Å². The van der Waals surface area contributed by atoms with Crippen LogP contribution < -0.4 is 9.46 Å². The third-order valence-corrected chi connectivity index (χ3v) is 4.82. The molecule has 0 aromatic heterocycles. The lowest BCUT2D eigenvalue weighted by Crippen LogP contribution is -2.28. The molecule has 0 fully saturated rings. The third kappa shape index (κ3) is 4.77. The van der Waals surface area contributed by atoms with Crippen molar-refractivity contribution in [2.24, 2.45) is 0 Å². The maximum absolute atomic E-state index is 13.4. The summed E-state index contributed by atoms with van der Waals surface area (Å²) in [6, 6.07) is 12.8. The lowest BCUT2D eigenvalue weighted by atomic mass is 10.0. The summed E-state index contributed by atoms with van der Waals surface area (Å²) in [4.78, 5) is 0.202. The molecule has 0 saturated heterocycles. The van der Waals surface area contributed by atoms with E-state index in [-0.39, 0.29) is 23.8 Å². The molecule has 0 saturated carbocycles. The Morgan fingerprint density at radius 3 is 2.35 bits per heavy atom. The van der Waals surface area contributed by atoms with Crippen molar-refractivity contribution in [3.63, 3.8) is 0 Å². The van der Waals surface area contributed by atoms with Crippen molar-refractivity contribution in [3.8, 4) is 5.75 Å². The van der Waals surface area contributed by atoms with Crippen LogP contribution in [0.4, 0.5) is 4.39 Å². The van der Waals surface area contributed by atoms with Gasteiger partial charge in [0.15, 0.2) is 11.6 Å². The highest BCUT2D eigenvalue weighted by Crippen LogP contribution is 2.17. The zero-order chi connectivity index (χ0) is 16.9. The van der Waals surface area contributed by atoms with Crippen LogP contribution in [-0.4, -0.2) is 21.6 Å². The summed E-state index contributed by atoms with van der Waals surface area (Å²) in [6.07, 6.45) is 0. The van der Waals surface area contributed by atoms with E-state index in [2.05, 4.69) is 4.72 Å². The van der Waals surface area contributed by atoms with Gasteiger partial charge in [0.25, 0.3) is 0 Å². The molecule has 2 rings (SSSR count). The molecule has 1 N–H and O–H groups in total. The molecule has 0 atom stereocenters. The highest BCUT2D eigenvalue weighted by Gasteiger charge is 2.13. The number of hydrogen-bond acceptors (Lipinski definition) is 3. The molecule has 0 amide bonds. The zero-order valence-electron chi connectivity index (χ0n) is 13.1. The first-order valence-corrected chi connectivity index (χ1v) is 8.85. The van der Waals surface area contributed by atoms with Gasteiger partial charge in [-0.25, -0.2) is 17.5 Å². The Bertz CT molecular complexity index is 743. The summed E-state index contributed by atoms with van der Waals surface area (Å²) in [5, 5.41) is 0. The Hall–Kier alpha value is -1.92. The van der Waals surface area contributed by atoms with E-state index in [0.29, 0.717) is 5.92 Å². The molecular weight excluding hydrogens is 317 g/mol. The average Bonchev–Trinajstić information content (AvgIpc) is 2.53. The molecule has 6 heteroatoms. The number of hydrogen-bond donors (Lipinski definition) is 1. The Labute approximate surface area is 136 Å². The number of benzene rings is 2. The maximum Gasteiger partial charge on any atom is 0.240 e. The van der Waals surface area contributed by atoms with Crippen LogP contribution in [0.1, 0.15) is 25.3 Å². The van der Waals surface area contributed by atoms with Crippen molar-refractivity contribution < 1.29 is 17.5 Å². The highest BCUT2D eigenvalue weighted by atomic mass is 32.2. The molecule has 124 valence electrons. The Morgan fingerprint density at radius 2 is 1.74 bits per heavy atom. The second-order valence-corrected chi connectivity index (χ2v) is 7.17. The van der Waals surface area contributed by atoms with Crippen molar-refractivity contribution in [2.45, 2.75) is 24.7 Å². The molecule has 0 unspecified atom stereocenters. The number of sulfonamides is 1. The highest BCUT2D eigenvalue weighted by molar-refractivity contribution is 7.89. The molecule has 0 radical (unpaired) electrons. The van der Waals surface area contributed by atoms with E-state index in [9.17, 15) is 12.8 Å². The number of halogens is 1. The summed E-state index contributed by atoms with van der Waals surface area (Å²) < 4.78 is 45.3. The fraction of sp³-hybridized carbons (Fsp3) is 0.294. The second kappa shape index (κ2) is 7.57. The van der Waals surface area contributed by atoms with Crippen LogP contribution >= 0.6 is 0 Å². The Balaban J connectivity index is 1.90. The van der Waals surface area contributed by atoms with Gasteiger partial charge < -0.3 is 4.74 Å². The van der Waals surface area contributed by atoms with Gasteiger partial charge in [0.2, 0.25) is 10.0 Å². The average molecular weight is 337 g/mol. The molecule has 0 aliphatic heterocycles. The predicted octanol–water partition coefficient (Wildman–Crippen LogP) is 3.31. The van der Waals surface area contributed by atoms with E-state index in [1.807, 2.05) is 13.8 Å². The molecule has 4 nitrogen and oxygen atoms in total. The Kier molecular flexibility index (Phi) is 5.74. The molecule has 0 aliphatic carbocycles. The fourth-order valence-electron chi connectivity index (χ4n) is 2.01. The van der Waals surface area contributed by atoms with Crippen LogP contribution in [0.15, 0.2) is 53.4 Å². The van der Waals surface area contributed by atoms with E-state index < -0.39 is 15.8 Å². The minimum Gasteiger partial charge on any atom is -0.489 e. The van der Waals surface area contributed by atoms with E-state index in [0.717, 1.165) is 5.56 Å². The number of nitrogens with one attached hydrogen (secondary N) is 1. The molecule has 0 heterocycles. The van der Waals surface area contributed by atoms with Crippen molar-refractivity contribution in [1.82, 2.24) is 4.72 Å². The van der Waals surface area contributed by atoms with Gasteiger partial charge in [-0.1, -0.05) is 38.1 Å². The van der Waals surface area contributed by atoms with Crippen molar-refractivity contribution in [2.75, 3.05) is 13.2 Å². The van der Waals surface area contributed by atoms with E-state index in [4.69, 9.17) is 4.74 Å². The lowest BCUT2D eigenvalue weighted by molar-refractivity contribution is 0.306. The minimum absolute atomic E-state index is 0.0459. The first kappa shape index (κ1) is 17.4. The van der Waals surface area contributed by atoms with Crippen LogP contribution in [0.25, 0.3) is 0 Å². The van der Waals surface area contributed by atoms with Gasteiger partial charge in [0, 0.05) is 6.54 Å². The van der Waals surface area contributed by atoms with Crippen LogP contribution in [0.5, 0.6) is 5.75 Å². The van der Waals surface area contributed by atoms with Gasteiger partial charge in [-0.2, -0.15) is 0 Å². The van der Waals surface area contributed by atoms with Crippen LogP contribution in [0.2, 0.25) is 0 Å². The summed E-state index contributed by atoms with van der Waals surface area (Å²) in [5.41, 5.74) is 1.08. The molecule has 0 aliphatic rings. The third-order valence-electron chi connectivity index (χ3n) is 3.35.